The minimum atomic E-state index is 0.0102. The number of aromatic amines is 1. The minimum absolute atomic E-state index is 0.0102. The number of amides is 1. The quantitative estimate of drug-likeness (QED) is 0.797. The first-order valence-electron chi connectivity index (χ1n) is 6.82. The lowest BCUT2D eigenvalue weighted by Gasteiger charge is -2.17. The van der Waals surface area contributed by atoms with Crippen LogP contribution in [0.1, 0.15) is 15.9 Å². The van der Waals surface area contributed by atoms with Crippen LogP contribution in [0.4, 0.5) is 0 Å². The van der Waals surface area contributed by atoms with Crippen molar-refractivity contribution in [1.82, 2.24) is 20.1 Å². The van der Waals surface area contributed by atoms with Crippen LogP contribution in [0.25, 0.3) is 10.9 Å². The number of carbonyl (C=O) groups is 1. The summed E-state index contributed by atoms with van der Waals surface area (Å²) in [5.74, 6) is 0.0102. The molecule has 5 heteroatoms. The molecule has 5 nitrogen and oxygen atoms in total. The summed E-state index contributed by atoms with van der Waals surface area (Å²) in [5, 5.41) is 7.74. The number of carbonyl (C=O) groups excluding carboxylic acids is 1. The first-order chi connectivity index (χ1) is 10.3. The summed E-state index contributed by atoms with van der Waals surface area (Å²) in [5.41, 5.74) is 2.73. The molecule has 0 saturated carbocycles. The Morgan fingerprint density at radius 3 is 2.86 bits per heavy atom. The molecule has 2 aromatic heterocycles. The van der Waals surface area contributed by atoms with Crippen LogP contribution in [0.15, 0.2) is 48.9 Å². The number of hydrogen-bond acceptors (Lipinski definition) is 3. The van der Waals surface area contributed by atoms with Gasteiger partial charge in [-0.1, -0.05) is 6.07 Å². The van der Waals surface area contributed by atoms with Crippen molar-refractivity contribution in [2.45, 2.75) is 6.42 Å². The van der Waals surface area contributed by atoms with Crippen LogP contribution in [0.2, 0.25) is 0 Å². The molecule has 0 fully saturated rings. The van der Waals surface area contributed by atoms with E-state index in [0.29, 0.717) is 12.1 Å². The van der Waals surface area contributed by atoms with E-state index in [2.05, 4.69) is 15.2 Å². The fourth-order valence-corrected chi connectivity index (χ4v) is 2.31. The van der Waals surface area contributed by atoms with Crippen molar-refractivity contribution in [1.29, 1.82) is 0 Å². The van der Waals surface area contributed by atoms with Crippen LogP contribution < -0.4 is 0 Å². The van der Waals surface area contributed by atoms with Gasteiger partial charge in [-0.25, -0.2) is 0 Å². The predicted octanol–water partition coefficient (Wildman–Crippen LogP) is 2.27. The van der Waals surface area contributed by atoms with Gasteiger partial charge in [0.25, 0.3) is 5.91 Å². The van der Waals surface area contributed by atoms with Gasteiger partial charge in [-0.05, 0) is 36.2 Å². The fourth-order valence-electron chi connectivity index (χ4n) is 2.31. The third kappa shape index (κ3) is 2.76. The maximum absolute atomic E-state index is 12.5. The fraction of sp³-hybridized carbons (Fsp3) is 0.188. The molecule has 0 unspecified atom stereocenters. The van der Waals surface area contributed by atoms with Crippen LogP contribution in [0.5, 0.6) is 0 Å². The highest BCUT2D eigenvalue weighted by Gasteiger charge is 2.15. The zero-order chi connectivity index (χ0) is 14.7. The number of nitrogens with zero attached hydrogens (tertiary/aromatic N) is 3. The van der Waals surface area contributed by atoms with Crippen molar-refractivity contribution in [2.75, 3.05) is 13.6 Å². The Bertz CT molecular complexity index is 751. The van der Waals surface area contributed by atoms with E-state index in [0.717, 1.165) is 17.3 Å². The molecule has 0 saturated heterocycles. The van der Waals surface area contributed by atoms with Crippen molar-refractivity contribution in [3.05, 3.63) is 60.0 Å². The number of H-pyrrole nitrogens is 1. The van der Waals surface area contributed by atoms with E-state index in [1.807, 2.05) is 37.4 Å². The van der Waals surface area contributed by atoms with Crippen LogP contribution >= 0.6 is 0 Å². The van der Waals surface area contributed by atoms with Gasteiger partial charge in [0, 0.05) is 31.4 Å². The summed E-state index contributed by atoms with van der Waals surface area (Å²) in [6.07, 6.45) is 6.04. The van der Waals surface area contributed by atoms with E-state index in [9.17, 15) is 4.79 Å². The minimum Gasteiger partial charge on any atom is -0.341 e. The molecule has 3 rings (SSSR count). The Morgan fingerprint density at radius 1 is 1.24 bits per heavy atom. The summed E-state index contributed by atoms with van der Waals surface area (Å²) in [4.78, 5) is 18.3. The largest absolute Gasteiger partial charge is 0.341 e. The summed E-state index contributed by atoms with van der Waals surface area (Å²) in [7, 11) is 1.82. The van der Waals surface area contributed by atoms with Gasteiger partial charge in [-0.2, -0.15) is 5.10 Å². The Hall–Kier alpha value is -2.69. The van der Waals surface area contributed by atoms with Crippen LogP contribution in [-0.4, -0.2) is 39.6 Å². The smallest absolute Gasteiger partial charge is 0.254 e. The molecule has 0 aliphatic carbocycles. The molecule has 1 aromatic carbocycles. The van der Waals surface area contributed by atoms with Crippen LogP contribution in [0.3, 0.4) is 0 Å². The standard InChI is InChI=1S/C16H16N4O/c1-20(10-7-12-5-8-17-9-6-12)16(21)13-3-2-4-15-14(13)11-18-19-15/h2-6,8-9,11H,7,10H2,1H3,(H,18,19). The number of rotatable bonds is 4. The van der Waals surface area contributed by atoms with Crippen molar-refractivity contribution in [3.63, 3.8) is 0 Å². The summed E-state index contributed by atoms with van der Waals surface area (Å²) < 4.78 is 0. The van der Waals surface area contributed by atoms with E-state index in [1.165, 1.54) is 5.56 Å². The molecule has 0 aliphatic rings. The van der Waals surface area contributed by atoms with Gasteiger partial charge in [0.1, 0.15) is 0 Å². The van der Waals surface area contributed by atoms with E-state index in [-0.39, 0.29) is 5.91 Å². The van der Waals surface area contributed by atoms with E-state index < -0.39 is 0 Å². The highest BCUT2D eigenvalue weighted by Crippen LogP contribution is 2.17. The Morgan fingerprint density at radius 2 is 2.05 bits per heavy atom. The summed E-state index contributed by atoms with van der Waals surface area (Å²) in [6, 6.07) is 9.55. The molecule has 2 heterocycles. The normalized spacial score (nSPS) is 10.7. The molecule has 0 atom stereocenters. The van der Waals surface area contributed by atoms with Gasteiger partial charge in [-0.3, -0.25) is 14.9 Å². The topological polar surface area (TPSA) is 61.9 Å². The van der Waals surface area contributed by atoms with Gasteiger partial charge in [0.2, 0.25) is 0 Å². The van der Waals surface area contributed by atoms with Crippen molar-refractivity contribution >= 4 is 16.8 Å². The zero-order valence-corrected chi connectivity index (χ0v) is 11.8. The second-order valence-corrected chi connectivity index (χ2v) is 4.97. The van der Waals surface area contributed by atoms with Crippen molar-refractivity contribution in [3.8, 4) is 0 Å². The molecule has 0 spiro atoms. The second-order valence-electron chi connectivity index (χ2n) is 4.97. The Labute approximate surface area is 122 Å². The molecule has 1 N–H and O–H groups in total. The zero-order valence-electron chi connectivity index (χ0n) is 11.8. The molecule has 0 aliphatic heterocycles. The lowest BCUT2D eigenvalue weighted by Crippen LogP contribution is -2.28. The average molecular weight is 280 g/mol. The highest BCUT2D eigenvalue weighted by atomic mass is 16.2. The van der Waals surface area contributed by atoms with Crippen molar-refractivity contribution < 1.29 is 4.79 Å². The third-order valence-corrected chi connectivity index (χ3v) is 3.55. The number of hydrogen-bond donors (Lipinski definition) is 1. The van der Waals surface area contributed by atoms with Gasteiger partial charge < -0.3 is 4.90 Å². The molecule has 0 bridgehead atoms. The van der Waals surface area contributed by atoms with Crippen LogP contribution in [0, 0.1) is 0 Å². The SMILES string of the molecule is CN(CCc1ccncc1)C(=O)c1cccc2[nH]ncc12. The summed E-state index contributed by atoms with van der Waals surface area (Å²) >= 11 is 0. The maximum atomic E-state index is 12.5. The van der Waals surface area contributed by atoms with Gasteiger partial charge >= 0.3 is 0 Å². The summed E-state index contributed by atoms with van der Waals surface area (Å²) in [6.45, 7) is 0.664. The first-order valence-corrected chi connectivity index (χ1v) is 6.82. The van der Waals surface area contributed by atoms with Gasteiger partial charge in [-0.15, -0.1) is 0 Å². The van der Waals surface area contributed by atoms with Crippen LogP contribution in [-0.2, 0) is 6.42 Å². The Balaban J connectivity index is 1.74. The number of nitrogens with one attached hydrogen (secondary N) is 1. The number of benzene rings is 1. The first kappa shape index (κ1) is 13.3. The van der Waals surface area contributed by atoms with E-state index >= 15 is 0 Å². The van der Waals surface area contributed by atoms with Gasteiger partial charge in [0.15, 0.2) is 0 Å². The molecular formula is C16H16N4O. The maximum Gasteiger partial charge on any atom is 0.254 e. The highest BCUT2D eigenvalue weighted by molar-refractivity contribution is 6.05. The van der Waals surface area contributed by atoms with Gasteiger partial charge in [0.05, 0.1) is 17.3 Å². The molecule has 3 aromatic rings. The average Bonchev–Trinajstić information content (AvgIpc) is 3.01. The lowest BCUT2D eigenvalue weighted by molar-refractivity contribution is 0.0798. The molecule has 21 heavy (non-hydrogen) atoms. The van der Waals surface area contributed by atoms with E-state index in [4.69, 9.17) is 0 Å². The lowest BCUT2D eigenvalue weighted by atomic mass is 10.1. The second kappa shape index (κ2) is 5.75. The molecule has 1 amide bonds. The molecule has 0 radical (unpaired) electrons. The molecular weight excluding hydrogens is 264 g/mol. The number of aromatic nitrogens is 3. The predicted molar refractivity (Wildman–Crippen MR) is 81.0 cm³/mol. The van der Waals surface area contributed by atoms with Crippen molar-refractivity contribution in [2.24, 2.45) is 0 Å². The number of fused-ring (bicyclic) bond motifs is 1. The molecule has 106 valence electrons. The van der Waals surface area contributed by atoms with E-state index in [1.54, 1.807) is 23.5 Å². The number of pyridine rings is 1. The Kier molecular flexibility index (Phi) is 3.64. The number of likely N-dealkylation sites (N-methyl/N-ethyl adjacent to an activating group) is 1. The third-order valence-electron chi connectivity index (χ3n) is 3.55. The monoisotopic (exact) mass is 280 g/mol.